The van der Waals surface area contributed by atoms with Gasteiger partial charge in [-0.1, -0.05) is 55.5 Å². The van der Waals surface area contributed by atoms with E-state index in [9.17, 15) is 18.4 Å². The number of likely N-dealkylation sites (tertiary alicyclic amines) is 1. The van der Waals surface area contributed by atoms with Gasteiger partial charge in [-0.25, -0.2) is 14.1 Å². The van der Waals surface area contributed by atoms with Gasteiger partial charge in [0.2, 0.25) is 17.8 Å². The summed E-state index contributed by atoms with van der Waals surface area (Å²) in [5, 5.41) is 10.8. The summed E-state index contributed by atoms with van der Waals surface area (Å²) in [6.45, 7) is 3.37. The van der Waals surface area contributed by atoms with Crippen LogP contribution in [0.4, 0.5) is 14.6 Å². The van der Waals surface area contributed by atoms with Gasteiger partial charge in [0, 0.05) is 26.1 Å². The molecule has 1 N–H and O–H groups in total. The number of benzene rings is 1. The number of carbonyl (C=O) groups excluding carboxylic acids is 2. The van der Waals surface area contributed by atoms with Crippen LogP contribution in [0, 0.1) is 5.95 Å². The molecule has 0 saturated carbocycles. The second-order valence-electron chi connectivity index (χ2n) is 9.69. The largest absolute Gasteiger partial charge is 0.360 e. The summed E-state index contributed by atoms with van der Waals surface area (Å²) in [5.74, 6) is -1.07. The van der Waals surface area contributed by atoms with Crippen LogP contribution in [0.5, 0.6) is 0 Å². The molecular formula is C26H31F2N7O2. The molecule has 1 aromatic carbocycles. The maximum absolute atomic E-state index is 14.8. The summed E-state index contributed by atoms with van der Waals surface area (Å²) < 4.78 is 30.6. The van der Waals surface area contributed by atoms with E-state index in [1.807, 2.05) is 19.9 Å². The maximum Gasteiger partial charge on any atom is 0.245 e. The van der Waals surface area contributed by atoms with Gasteiger partial charge < -0.3 is 15.1 Å². The van der Waals surface area contributed by atoms with Crippen molar-refractivity contribution in [3.63, 3.8) is 0 Å². The van der Waals surface area contributed by atoms with E-state index in [0.29, 0.717) is 22.6 Å². The summed E-state index contributed by atoms with van der Waals surface area (Å²) in [5.41, 5.74) is 1.47. The van der Waals surface area contributed by atoms with E-state index in [-0.39, 0.29) is 25.4 Å². The van der Waals surface area contributed by atoms with E-state index in [1.54, 1.807) is 61.6 Å². The molecule has 1 saturated heterocycles. The topological polar surface area (TPSA) is 96.2 Å². The quantitative estimate of drug-likeness (QED) is 0.468. The average molecular weight is 512 g/mol. The van der Waals surface area contributed by atoms with Crippen molar-refractivity contribution >= 4 is 17.6 Å². The number of anilines is 1. The van der Waals surface area contributed by atoms with Gasteiger partial charge in [0.15, 0.2) is 5.82 Å². The van der Waals surface area contributed by atoms with Crippen molar-refractivity contribution in [2.24, 2.45) is 0 Å². The van der Waals surface area contributed by atoms with Crippen molar-refractivity contribution in [2.45, 2.75) is 51.0 Å². The van der Waals surface area contributed by atoms with Crippen LogP contribution >= 0.6 is 0 Å². The van der Waals surface area contributed by atoms with Crippen molar-refractivity contribution in [3.8, 4) is 0 Å². The second-order valence-corrected chi connectivity index (χ2v) is 9.69. The molecule has 0 radical (unpaired) electrons. The molecule has 0 unspecified atom stereocenters. The van der Waals surface area contributed by atoms with Crippen LogP contribution in [-0.2, 0) is 16.1 Å². The highest BCUT2D eigenvalue weighted by molar-refractivity contribution is 5.88. The molecule has 1 fully saturated rings. The minimum atomic E-state index is -1.34. The lowest BCUT2D eigenvalue weighted by molar-refractivity contribution is -0.139. The average Bonchev–Trinajstić information content (AvgIpc) is 3.49. The van der Waals surface area contributed by atoms with E-state index in [2.05, 4.69) is 20.6 Å². The van der Waals surface area contributed by atoms with Crippen molar-refractivity contribution in [2.75, 3.05) is 25.5 Å². The molecule has 0 aliphatic carbocycles. The number of nitrogens with one attached hydrogen (secondary N) is 1. The minimum Gasteiger partial charge on any atom is -0.360 e. The third-order valence-corrected chi connectivity index (χ3v) is 6.39. The fourth-order valence-corrected chi connectivity index (χ4v) is 4.37. The van der Waals surface area contributed by atoms with Crippen molar-refractivity contribution in [1.29, 1.82) is 0 Å². The highest BCUT2D eigenvalue weighted by Gasteiger charge is 2.40. The van der Waals surface area contributed by atoms with Crippen LogP contribution in [0.15, 0.2) is 48.7 Å². The first-order valence-corrected chi connectivity index (χ1v) is 12.2. The fraction of sp³-hybridized carbons (Fsp3) is 0.423. The Morgan fingerprint density at radius 3 is 2.51 bits per heavy atom. The normalized spacial score (nSPS) is 18.2. The monoisotopic (exact) mass is 511 g/mol. The van der Waals surface area contributed by atoms with Gasteiger partial charge in [-0.2, -0.15) is 4.39 Å². The molecule has 2 amide bonds. The van der Waals surface area contributed by atoms with Gasteiger partial charge in [0.25, 0.3) is 0 Å². The highest BCUT2D eigenvalue weighted by atomic mass is 19.1. The number of amides is 2. The van der Waals surface area contributed by atoms with E-state index < -0.39 is 36.0 Å². The Bertz CT molecular complexity index is 1250. The van der Waals surface area contributed by atoms with Gasteiger partial charge in [-0.15, -0.1) is 5.10 Å². The van der Waals surface area contributed by atoms with Crippen molar-refractivity contribution in [1.82, 2.24) is 30.2 Å². The molecular weight excluding hydrogens is 480 g/mol. The Morgan fingerprint density at radius 1 is 1.16 bits per heavy atom. The van der Waals surface area contributed by atoms with Gasteiger partial charge >= 0.3 is 0 Å². The number of hydrogen-bond donors (Lipinski definition) is 1. The molecule has 4 rings (SSSR count). The maximum atomic E-state index is 14.8. The number of carbonyl (C=O) groups is 2. The number of aromatic nitrogens is 4. The fourth-order valence-electron chi connectivity index (χ4n) is 4.37. The van der Waals surface area contributed by atoms with Crippen LogP contribution < -0.4 is 10.2 Å². The SMILES string of the molecule is CC(C)c1ccc([C@@H](NC(=O)[C@@H]2C[C@@H](F)CN2C(=O)Cn2cc(N(C)C)nn2)c2ccccc2)nc1F. The molecule has 1 aliphatic rings. The number of rotatable bonds is 8. The van der Waals surface area contributed by atoms with E-state index >= 15 is 0 Å². The molecule has 2 aromatic heterocycles. The standard InChI is InChI=1S/C26H31F2N7O2/c1-16(2)19-10-11-20(29-25(19)28)24(17-8-6-5-7-9-17)30-26(37)21-12-18(27)13-35(21)23(36)15-34-14-22(31-32-34)33(3)4/h5-11,14,16,18,21,24H,12-13,15H2,1-4H3,(H,30,37)/t18-,21+,24+/m1/s1. The predicted octanol–water partition coefficient (Wildman–Crippen LogP) is 2.85. The Morgan fingerprint density at radius 2 is 1.89 bits per heavy atom. The molecule has 3 atom stereocenters. The molecule has 0 bridgehead atoms. The zero-order valence-electron chi connectivity index (χ0n) is 21.3. The third kappa shape index (κ3) is 5.92. The van der Waals surface area contributed by atoms with Crippen LogP contribution in [0.3, 0.4) is 0 Å². The van der Waals surface area contributed by atoms with Gasteiger partial charge in [-0.05, 0) is 17.5 Å². The lowest BCUT2D eigenvalue weighted by atomic mass is 9.99. The first-order valence-electron chi connectivity index (χ1n) is 12.2. The predicted molar refractivity (Wildman–Crippen MR) is 134 cm³/mol. The number of alkyl halides is 1. The van der Waals surface area contributed by atoms with Gasteiger partial charge in [-0.3, -0.25) is 9.59 Å². The Kier molecular flexibility index (Phi) is 7.80. The molecule has 3 aromatic rings. The third-order valence-electron chi connectivity index (χ3n) is 6.39. The summed E-state index contributed by atoms with van der Waals surface area (Å²) in [6, 6.07) is 10.6. The molecule has 37 heavy (non-hydrogen) atoms. The summed E-state index contributed by atoms with van der Waals surface area (Å²) in [7, 11) is 3.59. The smallest absolute Gasteiger partial charge is 0.245 e. The Balaban J connectivity index is 1.56. The minimum absolute atomic E-state index is 0.0512. The molecule has 0 spiro atoms. The first-order chi connectivity index (χ1) is 17.6. The molecule has 11 heteroatoms. The van der Waals surface area contributed by atoms with E-state index in [4.69, 9.17) is 0 Å². The van der Waals surface area contributed by atoms with Crippen LogP contribution in [0.2, 0.25) is 0 Å². The molecule has 1 aliphatic heterocycles. The molecule has 196 valence electrons. The van der Waals surface area contributed by atoms with Crippen molar-refractivity contribution < 1.29 is 18.4 Å². The number of pyridine rings is 1. The lowest BCUT2D eigenvalue weighted by Crippen LogP contribution is -2.48. The second kappa shape index (κ2) is 11.0. The van der Waals surface area contributed by atoms with E-state index in [0.717, 1.165) is 0 Å². The van der Waals surface area contributed by atoms with Gasteiger partial charge in [0.05, 0.1) is 24.5 Å². The summed E-state index contributed by atoms with van der Waals surface area (Å²) >= 11 is 0. The molecule has 3 heterocycles. The van der Waals surface area contributed by atoms with Crippen molar-refractivity contribution in [3.05, 3.63) is 71.4 Å². The molecule has 9 nitrogen and oxygen atoms in total. The number of nitrogens with zero attached hydrogens (tertiary/aromatic N) is 6. The zero-order chi connectivity index (χ0) is 26.7. The zero-order valence-corrected chi connectivity index (χ0v) is 21.3. The Labute approximate surface area is 214 Å². The summed E-state index contributed by atoms with van der Waals surface area (Å²) in [4.78, 5) is 33.6. The first kappa shape index (κ1) is 26.2. The number of halogens is 2. The number of hydrogen-bond acceptors (Lipinski definition) is 6. The van der Waals surface area contributed by atoms with Crippen LogP contribution in [-0.4, -0.2) is 69.5 Å². The highest BCUT2D eigenvalue weighted by Crippen LogP contribution is 2.27. The summed E-state index contributed by atoms with van der Waals surface area (Å²) in [6.07, 6.45) is 0.125. The Hall–Kier alpha value is -3.89. The lowest BCUT2D eigenvalue weighted by Gasteiger charge is -2.26. The van der Waals surface area contributed by atoms with Crippen LogP contribution in [0.25, 0.3) is 0 Å². The van der Waals surface area contributed by atoms with Gasteiger partial charge in [0.1, 0.15) is 18.8 Å². The van der Waals surface area contributed by atoms with Crippen LogP contribution in [0.1, 0.15) is 49.0 Å². The van der Waals surface area contributed by atoms with E-state index in [1.165, 1.54) is 9.58 Å².